The maximum absolute atomic E-state index is 13.6. The summed E-state index contributed by atoms with van der Waals surface area (Å²) in [6, 6.07) is 3.78. The van der Waals surface area contributed by atoms with Gasteiger partial charge in [-0.2, -0.15) is 0 Å². The normalized spacial score (nSPS) is 24.3. The van der Waals surface area contributed by atoms with Crippen LogP contribution in [0.5, 0.6) is 5.75 Å². The van der Waals surface area contributed by atoms with Crippen LogP contribution >= 0.6 is 0 Å². The average Bonchev–Trinajstić information content (AvgIpc) is 2.92. The number of carbonyl (C=O) groups excluding carboxylic acids is 1. The summed E-state index contributed by atoms with van der Waals surface area (Å²) in [6.07, 6.45) is 1.49. The van der Waals surface area contributed by atoms with Crippen LogP contribution in [0.3, 0.4) is 0 Å². The highest BCUT2D eigenvalue weighted by Gasteiger charge is 2.39. The fourth-order valence-electron chi connectivity index (χ4n) is 3.00. The average molecular weight is 293 g/mol. The molecule has 21 heavy (non-hydrogen) atoms. The zero-order chi connectivity index (χ0) is 15.0. The highest BCUT2D eigenvalue weighted by atomic mass is 19.1. The number of fused-ring (bicyclic) bond motifs is 1. The minimum atomic E-state index is -0.996. The Bertz CT molecular complexity index is 589. The molecular weight excluding hydrogens is 277 g/mol. The number of ether oxygens (including phenoxy) is 1. The van der Waals surface area contributed by atoms with Crippen molar-refractivity contribution in [1.82, 2.24) is 4.90 Å². The van der Waals surface area contributed by atoms with E-state index in [1.165, 1.54) is 11.0 Å². The molecule has 1 aromatic carbocycles. The van der Waals surface area contributed by atoms with Crippen LogP contribution in [0.2, 0.25) is 0 Å². The van der Waals surface area contributed by atoms with Gasteiger partial charge in [0.2, 0.25) is 0 Å². The molecule has 2 aliphatic heterocycles. The molecular formula is C15H16FNO4. The lowest BCUT2D eigenvalue weighted by Gasteiger charge is -2.34. The molecule has 1 saturated heterocycles. The van der Waals surface area contributed by atoms with E-state index in [0.29, 0.717) is 18.5 Å². The Labute approximate surface area is 121 Å². The number of para-hydroxylation sites is 1. The Balaban J connectivity index is 1.78. The first-order chi connectivity index (χ1) is 10.1. The van der Waals surface area contributed by atoms with Crippen molar-refractivity contribution < 1.29 is 23.8 Å². The van der Waals surface area contributed by atoms with Crippen LogP contribution in [0.15, 0.2) is 18.2 Å². The van der Waals surface area contributed by atoms with Gasteiger partial charge in [-0.3, -0.25) is 4.79 Å². The number of rotatable bonds is 2. The van der Waals surface area contributed by atoms with Crippen molar-refractivity contribution in [3.8, 4) is 5.75 Å². The number of hydrogen-bond donors (Lipinski definition) is 1. The van der Waals surface area contributed by atoms with Gasteiger partial charge in [0.15, 0.2) is 17.7 Å². The Morgan fingerprint density at radius 3 is 2.86 bits per heavy atom. The third-order valence-electron chi connectivity index (χ3n) is 4.06. The Morgan fingerprint density at radius 2 is 2.14 bits per heavy atom. The summed E-state index contributed by atoms with van der Waals surface area (Å²) in [5.74, 6) is -1.74. The number of amides is 1. The molecule has 0 bridgehead atoms. The van der Waals surface area contributed by atoms with Crippen molar-refractivity contribution in [2.24, 2.45) is 0 Å². The maximum Gasteiger partial charge on any atom is 0.326 e. The molecule has 5 nitrogen and oxygen atoms in total. The SMILES string of the molecule is O=C(O)[C@H]1CCCCN1C(=O)C1Cc2cccc(F)c2O1. The van der Waals surface area contributed by atoms with E-state index < -0.39 is 23.9 Å². The third kappa shape index (κ3) is 2.46. The van der Waals surface area contributed by atoms with Gasteiger partial charge in [-0.25, -0.2) is 9.18 Å². The van der Waals surface area contributed by atoms with Crippen molar-refractivity contribution in [2.45, 2.75) is 37.8 Å². The second-order valence-electron chi connectivity index (χ2n) is 5.42. The molecule has 1 N–H and O–H groups in total. The molecule has 1 unspecified atom stereocenters. The largest absolute Gasteiger partial charge is 0.480 e. The van der Waals surface area contributed by atoms with Gasteiger partial charge in [0.1, 0.15) is 6.04 Å². The summed E-state index contributed by atoms with van der Waals surface area (Å²) in [4.78, 5) is 25.1. The van der Waals surface area contributed by atoms with E-state index in [4.69, 9.17) is 4.74 Å². The second-order valence-corrected chi connectivity index (χ2v) is 5.42. The van der Waals surface area contributed by atoms with Gasteiger partial charge in [-0.1, -0.05) is 12.1 Å². The number of likely N-dealkylation sites (tertiary alicyclic amines) is 1. The van der Waals surface area contributed by atoms with E-state index in [2.05, 4.69) is 0 Å². The quantitative estimate of drug-likeness (QED) is 0.899. The molecule has 6 heteroatoms. The number of aliphatic carboxylic acids is 1. The predicted octanol–water partition coefficient (Wildman–Crippen LogP) is 1.59. The number of piperidine rings is 1. The number of hydrogen-bond acceptors (Lipinski definition) is 3. The molecule has 0 aromatic heterocycles. The first-order valence-electron chi connectivity index (χ1n) is 7.05. The summed E-state index contributed by atoms with van der Waals surface area (Å²) in [6.45, 7) is 0.411. The Hall–Kier alpha value is -2.11. The van der Waals surface area contributed by atoms with Gasteiger partial charge >= 0.3 is 5.97 Å². The van der Waals surface area contributed by atoms with Crippen molar-refractivity contribution >= 4 is 11.9 Å². The smallest absolute Gasteiger partial charge is 0.326 e. The van der Waals surface area contributed by atoms with Crippen molar-refractivity contribution in [2.75, 3.05) is 6.54 Å². The van der Waals surface area contributed by atoms with Crippen LogP contribution in [-0.2, 0) is 16.0 Å². The lowest BCUT2D eigenvalue weighted by molar-refractivity contribution is -0.155. The van der Waals surface area contributed by atoms with Crippen molar-refractivity contribution in [3.05, 3.63) is 29.6 Å². The number of carboxylic acids is 1. The summed E-state index contributed by atoms with van der Waals surface area (Å²) < 4.78 is 19.1. The van der Waals surface area contributed by atoms with Crippen LogP contribution < -0.4 is 4.74 Å². The maximum atomic E-state index is 13.6. The molecule has 0 spiro atoms. The van der Waals surface area contributed by atoms with Crippen LogP contribution in [0.4, 0.5) is 4.39 Å². The molecule has 2 atom stereocenters. The monoisotopic (exact) mass is 293 g/mol. The topological polar surface area (TPSA) is 66.8 Å². The lowest BCUT2D eigenvalue weighted by Crippen LogP contribution is -2.52. The predicted molar refractivity (Wildman–Crippen MR) is 71.5 cm³/mol. The Morgan fingerprint density at radius 1 is 1.33 bits per heavy atom. The van der Waals surface area contributed by atoms with Gasteiger partial charge < -0.3 is 14.7 Å². The number of carbonyl (C=O) groups is 2. The van der Waals surface area contributed by atoms with E-state index in [-0.39, 0.29) is 18.1 Å². The van der Waals surface area contributed by atoms with E-state index in [0.717, 1.165) is 12.8 Å². The summed E-state index contributed by atoms with van der Waals surface area (Å²) >= 11 is 0. The second kappa shape index (κ2) is 5.35. The van der Waals surface area contributed by atoms with Gasteiger partial charge in [0.05, 0.1) is 0 Å². The first kappa shape index (κ1) is 13.9. The summed E-state index contributed by atoms with van der Waals surface area (Å²) in [7, 11) is 0. The number of halogens is 1. The van der Waals surface area contributed by atoms with E-state index in [1.807, 2.05) is 0 Å². The van der Waals surface area contributed by atoms with Crippen LogP contribution in [-0.4, -0.2) is 40.6 Å². The van der Waals surface area contributed by atoms with Crippen LogP contribution in [0.1, 0.15) is 24.8 Å². The fraction of sp³-hybridized carbons (Fsp3) is 0.467. The van der Waals surface area contributed by atoms with E-state index in [1.54, 1.807) is 12.1 Å². The summed E-state index contributed by atoms with van der Waals surface area (Å²) in [5.41, 5.74) is 0.650. The zero-order valence-electron chi connectivity index (χ0n) is 11.4. The number of carboxylic acid groups (broad SMARTS) is 1. The molecule has 2 heterocycles. The minimum Gasteiger partial charge on any atom is -0.480 e. The minimum absolute atomic E-state index is 0.111. The molecule has 0 saturated carbocycles. The van der Waals surface area contributed by atoms with Gasteiger partial charge in [0.25, 0.3) is 5.91 Å². The van der Waals surface area contributed by atoms with Gasteiger partial charge in [-0.05, 0) is 25.3 Å². The molecule has 3 rings (SSSR count). The van der Waals surface area contributed by atoms with Crippen molar-refractivity contribution in [3.63, 3.8) is 0 Å². The number of benzene rings is 1. The zero-order valence-corrected chi connectivity index (χ0v) is 11.4. The fourth-order valence-corrected chi connectivity index (χ4v) is 3.00. The molecule has 0 aliphatic carbocycles. The molecule has 0 radical (unpaired) electrons. The third-order valence-corrected chi connectivity index (χ3v) is 4.06. The Kier molecular flexibility index (Phi) is 3.53. The molecule has 1 aromatic rings. The molecule has 2 aliphatic rings. The van der Waals surface area contributed by atoms with Gasteiger partial charge in [-0.15, -0.1) is 0 Å². The van der Waals surface area contributed by atoms with Crippen molar-refractivity contribution in [1.29, 1.82) is 0 Å². The standard InChI is InChI=1S/C15H16FNO4/c16-10-5-3-4-9-8-12(21-13(9)10)14(18)17-7-2-1-6-11(17)15(19)20/h3-5,11-12H,1-2,6-8H2,(H,19,20)/t11-,12?/m1/s1. The first-order valence-corrected chi connectivity index (χ1v) is 7.05. The highest BCUT2D eigenvalue weighted by Crippen LogP contribution is 2.32. The lowest BCUT2D eigenvalue weighted by atomic mass is 10.0. The molecule has 1 amide bonds. The van der Waals surface area contributed by atoms with Crippen LogP contribution in [0, 0.1) is 5.82 Å². The number of nitrogens with zero attached hydrogens (tertiary/aromatic N) is 1. The van der Waals surface area contributed by atoms with Gasteiger partial charge in [0, 0.05) is 18.5 Å². The van der Waals surface area contributed by atoms with E-state index >= 15 is 0 Å². The molecule has 1 fully saturated rings. The molecule has 112 valence electrons. The van der Waals surface area contributed by atoms with Crippen LogP contribution in [0.25, 0.3) is 0 Å². The van der Waals surface area contributed by atoms with E-state index in [9.17, 15) is 19.1 Å². The highest BCUT2D eigenvalue weighted by molar-refractivity contribution is 5.87. The summed E-state index contributed by atoms with van der Waals surface area (Å²) in [5, 5.41) is 9.22.